The summed E-state index contributed by atoms with van der Waals surface area (Å²) in [5.74, 6) is 0.456. The molecule has 4 heteroatoms. The van der Waals surface area contributed by atoms with E-state index in [0.717, 1.165) is 19.4 Å². The van der Waals surface area contributed by atoms with Crippen LogP contribution in [0.25, 0.3) is 0 Å². The molecule has 0 aromatic heterocycles. The number of hydrogen-bond donors (Lipinski definition) is 1. The van der Waals surface area contributed by atoms with Gasteiger partial charge in [0.25, 0.3) is 6.43 Å². The lowest BCUT2D eigenvalue weighted by molar-refractivity contribution is 0.0326. The van der Waals surface area contributed by atoms with Crippen molar-refractivity contribution in [3.63, 3.8) is 0 Å². The Morgan fingerprint density at radius 3 is 2.77 bits per heavy atom. The fourth-order valence-corrected chi connectivity index (χ4v) is 2.12. The number of likely N-dealkylation sites (tertiary alicyclic amines) is 1. The zero-order chi connectivity index (χ0) is 9.84. The molecule has 1 heterocycles. The molecule has 1 rings (SSSR count). The van der Waals surface area contributed by atoms with E-state index in [2.05, 4.69) is 6.92 Å². The molecule has 0 spiro atoms. The van der Waals surface area contributed by atoms with Crippen LogP contribution in [0.1, 0.15) is 19.8 Å². The Kier molecular flexibility index (Phi) is 4.06. The van der Waals surface area contributed by atoms with Gasteiger partial charge in [-0.1, -0.05) is 6.92 Å². The van der Waals surface area contributed by atoms with Crippen LogP contribution < -0.4 is 5.73 Å². The largest absolute Gasteiger partial charge is 0.329 e. The number of nitrogens with zero attached hydrogens (tertiary/aromatic N) is 1. The van der Waals surface area contributed by atoms with Gasteiger partial charge in [-0.2, -0.15) is 0 Å². The molecule has 1 saturated heterocycles. The molecule has 1 aliphatic rings. The average Bonchev–Trinajstić information content (AvgIpc) is 2.03. The number of piperidine rings is 1. The van der Waals surface area contributed by atoms with Crippen molar-refractivity contribution < 1.29 is 8.78 Å². The third-order valence-electron chi connectivity index (χ3n) is 2.84. The Hall–Kier alpha value is -0.220. The lowest BCUT2D eigenvalue weighted by atomic mass is 9.91. The fourth-order valence-electron chi connectivity index (χ4n) is 2.12. The van der Waals surface area contributed by atoms with Crippen molar-refractivity contribution in [3.05, 3.63) is 0 Å². The Labute approximate surface area is 78.1 Å². The zero-order valence-electron chi connectivity index (χ0n) is 8.05. The van der Waals surface area contributed by atoms with E-state index in [9.17, 15) is 8.78 Å². The molecule has 2 nitrogen and oxygen atoms in total. The first-order valence-corrected chi connectivity index (χ1v) is 4.87. The van der Waals surface area contributed by atoms with Crippen molar-refractivity contribution >= 4 is 0 Å². The first-order valence-electron chi connectivity index (χ1n) is 4.87. The lowest BCUT2D eigenvalue weighted by Gasteiger charge is -2.39. The van der Waals surface area contributed by atoms with Gasteiger partial charge >= 0.3 is 0 Å². The monoisotopic (exact) mass is 192 g/mol. The summed E-state index contributed by atoms with van der Waals surface area (Å²) in [7, 11) is 0. The molecule has 0 bridgehead atoms. The number of alkyl halides is 2. The molecule has 2 N–H and O–H groups in total. The number of halogens is 2. The van der Waals surface area contributed by atoms with E-state index < -0.39 is 6.43 Å². The molecule has 78 valence electrons. The molecular formula is C9H18F2N2. The van der Waals surface area contributed by atoms with Gasteiger partial charge < -0.3 is 5.73 Å². The van der Waals surface area contributed by atoms with Crippen molar-refractivity contribution in [3.8, 4) is 0 Å². The van der Waals surface area contributed by atoms with Crippen LogP contribution in [0.15, 0.2) is 0 Å². The number of nitrogens with two attached hydrogens (primary N) is 1. The molecule has 1 fully saturated rings. The first kappa shape index (κ1) is 10.9. The van der Waals surface area contributed by atoms with Gasteiger partial charge in [-0.3, -0.25) is 4.90 Å². The van der Waals surface area contributed by atoms with Gasteiger partial charge in [0.2, 0.25) is 0 Å². The van der Waals surface area contributed by atoms with E-state index in [1.165, 1.54) is 0 Å². The van der Waals surface area contributed by atoms with E-state index in [4.69, 9.17) is 5.73 Å². The van der Waals surface area contributed by atoms with E-state index in [1.807, 2.05) is 4.90 Å². The van der Waals surface area contributed by atoms with Gasteiger partial charge in [-0.25, -0.2) is 8.78 Å². The van der Waals surface area contributed by atoms with Crippen LogP contribution in [0.2, 0.25) is 0 Å². The topological polar surface area (TPSA) is 29.3 Å². The van der Waals surface area contributed by atoms with Gasteiger partial charge in [-0.05, 0) is 25.3 Å². The van der Waals surface area contributed by atoms with Crippen molar-refractivity contribution in [2.45, 2.75) is 32.2 Å². The van der Waals surface area contributed by atoms with E-state index in [1.54, 1.807) is 0 Å². The summed E-state index contributed by atoms with van der Waals surface area (Å²) in [5.41, 5.74) is 5.57. The predicted molar refractivity (Wildman–Crippen MR) is 48.8 cm³/mol. The Balaban J connectivity index is 2.49. The molecule has 0 amide bonds. The van der Waals surface area contributed by atoms with Crippen molar-refractivity contribution in [2.24, 2.45) is 11.7 Å². The molecule has 2 atom stereocenters. The first-order chi connectivity index (χ1) is 6.15. The highest BCUT2D eigenvalue weighted by atomic mass is 19.3. The summed E-state index contributed by atoms with van der Waals surface area (Å²) in [6.45, 7) is 3.24. The molecule has 0 aromatic carbocycles. The van der Waals surface area contributed by atoms with Crippen LogP contribution in [0.5, 0.6) is 0 Å². The van der Waals surface area contributed by atoms with Crippen LogP contribution >= 0.6 is 0 Å². The standard InChI is InChI=1S/C9H18F2N2/c1-7-3-2-4-13(6-9(10)11)8(7)5-12/h7-9H,2-6,12H2,1H3. The minimum absolute atomic E-state index is 0.119. The predicted octanol–water partition coefficient (Wildman–Crippen LogP) is 1.31. The number of hydrogen-bond acceptors (Lipinski definition) is 2. The van der Waals surface area contributed by atoms with Crippen molar-refractivity contribution in [1.82, 2.24) is 4.90 Å². The summed E-state index contributed by atoms with van der Waals surface area (Å²) in [6, 6.07) is 0.155. The smallest absolute Gasteiger partial charge is 0.251 e. The van der Waals surface area contributed by atoms with Crippen molar-refractivity contribution in [1.29, 1.82) is 0 Å². The summed E-state index contributed by atoms with van der Waals surface area (Å²) in [6.07, 6.45) is -0.106. The third kappa shape index (κ3) is 2.88. The summed E-state index contributed by atoms with van der Waals surface area (Å²) in [4.78, 5) is 1.83. The van der Waals surface area contributed by atoms with Gasteiger partial charge in [0.05, 0.1) is 6.54 Å². The molecule has 0 aromatic rings. The van der Waals surface area contributed by atoms with Crippen LogP contribution in [0.4, 0.5) is 8.78 Å². The van der Waals surface area contributed by atoms with Gasteiger partial charge in [0.15, 0.2) is 0 Å². The SMILES string of the molecule is CC1CCCN(CC(F)F)C1CN. The fraction of sp³-hybridized carbons (Fsp3) is 1.00. The van der Waals surface area contributed by atoms with E-state index in [-0.39, 0.29) is 12.6 Å². The maximum atomic E-state index is 12.2. The molecular weight excluding hydrogens is 174 g/mol. The van der Waals surface area contributed by atoms with Gasteiger partial charge in [0, 0.05) is 12.6 Å². The lowest BCUT2D eigenvalue weighted by Crippen LogP contribution is -2.50. The normalized spacial score (nSPS) is 31.2. The van der Waals surface area contributed by atoms with Crippen LogP contribution in [-0.4, -0.2) is 37.0 Å². The maximum absolute atomic E-state index is 12.2. The minimum Gasteiger partial charge on any atom is -0.329 e. The van der Waals surface area contributed by atoms with Crippen molar-refractivity contribution in [2.75, 3.05) is 19.6 Å². The maximum Gasteiger partial charge on any atom is 0.251 e. The van der Waals surface area contributed by atoms with Gasteiger partial charge in [-0.15, -0.1) is 0 Å². The molecule has 0 aliphatic carbocycles. The Morgan fingerprint density at radius 2 is 2.23 bits per heavy atom. The zero-order valence-corrected chi connectivity index (χ0v) is 8.05. The second-order valence-electron chi connectivity index (χ2n) is 3.81. The molecule has 0 radical (unpaired) electrons. The second kappa shape index (κ2) is 4.86. The molecule has 1 aliphatic heterocycles. The van der Waals surface area contributed by atoms with Crippen LogP contribution in [0, 0.1) is 5.92 Å². The highest BCUT2D eigenvalue weighted by Gasteiger charge is 2.28. The summed E-state index contributed by atoms with van der Waals surface area (Å²) >= 11 is 0. The molecule has 13 heavy (non-hydrogen) atoms. The summed E-state index contributed by atoms with van der Waals surface area (Å²) < 4.78 is 24.3. The third-order valence-corrected chi connectivity index (χ3v) is 2.84. The summed E-state index contributed by atoms with van der Waals surface area (Å²) in [5, 5.41) is 0. The quantitative estimate of drug-likeness (QED) is 0.730. The highest BCUT2D eigenvalue weighted by molar-refractivity contribution is 4.82. The molecule has 2 unspecified atom stereocenters. The van der Waals surface area contributed by atoms with Crippen LogP contribution in [0.3, 0.4) is 0 Å². The Bertz CT molecular complexity index is 153. The van der Waals surface area contributed by atoms with Gasteiger partial charge in [0.1, 0.15) is 0 Å². The second-order valence-corrected chi connectivity index (χ2v) is 3.81. The average molecular weight is 192 g/mol. The minimum atomic E-state index is -2.24. The highest BCUT2D eigenvalue weighted by Crippen LogP contribution is 2.22. The van der Waals surface area contributed by atoms with E-state index >= 15 is 0 Å². The number of rotatable bonds is 3. The van der Waals surface area contributed by atoms with Crippen LogP contribution in [-0.2, 0) is 0 Å². The van der Waals surface area contributed by atoms with E-state index in [0.29, 0.717) is 12.5 Å². The molecule has 0 saturated carbocycles. The Morgan fingerprint density at radius 1 is 1.54 bits per heavy atom.